The summed E-state index contributed by atoms with van der Waals surface area (Å²) in [6, 6.07) is 0. The number of allylic oxidation sites excluding steroid dienone is 18. The van der Waals surface area contributed by atoms with E-state index >= 15 is 0 Å². The summed E-state index contributed by atoms with van der Waals surface area (Å²) in [6.45, 7) is 4.05. The lowest BCUT2D eigenvalue weighted by atomic mass is 10.0. The first-order valence-corrected chi connectivity index (χ1v) is 34.4. The van der Waals surface area contributed by atoms with Crippen LogP contribution in [-0.2, 0) is 19.1 Å². The molecule has 0 heterocycles. The highest BCUT2D eigenvalue weighted by Crippen LogP contribution is 2.17. The average molecular weight is 1110 g/mol. The summed E-state index contributed by atoms with van der Waals surface area (Å²) in [5.74, 6) is -0.580. The standard InChI is InChI=1S/C75H130O5/c1-3-5-7-9-11-13-15-17-19-21-23-25-27-29-31-33-34-35-36-37-38-39-40-42-44-46-48-50-52-54-56-58-60-62-64-66-68-70-75(78)80-73(71-76)72-79-74(77)69-67-65-63-61-59-57-55-53-51-49-47-45-43-41-32-30-28-26-24-22-20-18-16-14-12-10-8-6-4-2/h5,7,11,13,16-19,22-25,28-31,34-35,73,76H,3-4,6,8-10,12,14-15,20-21,26-27,32-33,36-72H2,1-2H3/b7-5-,13-11-,18-16-,19-17-,24-22-,25-23-,30-28-,31-29-,35-34-. The van der Waals surface area contributed by atoms with Crippen LogP contribution in [0.2, 0.25) is 0 Å². The number of aliphatic hydroxyl groups excluding tert-OH is 1. The first-order chi connectivity index (χ1) is 39.6. The molecule has 0 aromatic heterocycles. The lowest BCUT2D eigenvalue weighted by Gasteiger charge is -2.15. The molecule has 0 aliphatic rings. The molecule has 80 heavy (non-hydrogen) atoms. The van der Waals surface area contributed by atoms with Gasteiger partial charge in [-0.3, -0.25) is 9.59 Å². The minimum atomic E-state index is -0.777. The molecule has 0 saturated carbocycles. The second-order valence-corrected chi connectivity index (χ2v) is 22.9. The van der Waals surface area contributed by atoms with E-state index in [1.165, 1.54) is 218 Å². The predicted octanol–water partition coefficient (Wildman–Crippen LogP) is 24.0. The van der Waals surface area contributed by atoms with E-state index in [1.54, 1.807) is 0 Å². The summed E-state index contributed by atoms with van der Waals surface area (Å²) < 4.78 is 10.8. The van der Waals surface area contributed by atoms with Gasteiger partial charge in [0.15, 0.2) is 6.10 Å². The Morgan fingerprint density at radius 1 is 0.300 bits per heavy atom. The van der Waals surface area contributed by atoms with Gasteiger partial charge in [0, 0.05) is 12.8 Å². The summed E-state index contributed by atoms with van der Waals surface area (Å²) in [4.78, 5) is 24.6. The third-order valence-electron chi connectivity index (χ3n) is 15.1. The molecule has 0 aromatic rings. The lowest BCUT2D eigenvalue weighted by molar-refractivity contribution is -0.161. The average Bonchev–Trinajstić information content (AvgIpc) is 3.46. The lowest BCUT2D eigenvalue weighted by Crippen LogP contribution is -2.28. The smallest absolute Gasteiger partial charge is 0.306 e. The van der Waals surface area contributed by atoms with E-state index in [0.29, 0.717) is 12.8 Å². The highest BCUT2D eigenvalue weighted by molar-refractivity contribution is 5.70. The number of ether oxygens (including phenoxy) is 2. The molecule has 0 rings (SSSR count). The van der Waals surface area contributed by atoms with Crippen molar-refractivity contribution in [3.05, 3.63) is 109 Å². The molecule has 0 aliphatic carbocycles. The number of hydrogen-bond acceptors (Lipinski definition) is 5. The summed E-state index contributed by atoms with van der Waals surface area (Å²) >= 11 is 0. The van der Waals surface area contributed by atoms with Crippen LogP contribution in [0, 0.1) is 0 Å². The number of carbonyl (C=O) groups is 2. The number of rotatable bonds is 63. The van der Waals surface area contributed by atoms with E-state index in [9.17, 15) is 14.7 Å². The Bertz CT molecular complexity index is 1540. The maximum absolute atomic E-state index is 12.4. The van der Waals surface area contributed by atoms with Crippen LogP contribution in [-0.4, -0.2) is 36.4 Å². The normalized spacial score (nSPS) is 12.9. The highest BCUT2D eigenvalue weighted by atomic mass is 16.6. The molecule has 0 saturated heterocycles. The second kappa shape index (κ2) is 69.8. The van der Waals surface area contributed by atoms with Crippen molar-refractivity contribution in [1.82, 2.24) is 0 Å². The van der Waals surface area contributed by atoms with Crippen LogP contribution in [0.1, 0.15) is 335 Å². The SMILES string of the molecule is CC/C=C\C/C=C\C/C=C\C/C=C\C/C=C\C/C=C\CCCCCCCCCCCCCCCCCCCCC(=O)OC(CO)COC(=O)CCCCCCCCCCCCCCCC/C=C\C/C=C\C/C=C\CCCCCCC. The molecule has 460 valence electrons. The van der Waals surface area contributed by atoms with Crippen LogP contribution < -0.4 is 0 Å². The molecule has 1 atom stereocenters. The monoisotopic (exact) mass is 1110 g/mol. The van der Waals surface area contributed by atoms with Crippen molar-refractivity contribution < 1.29 is 24.2 Å². The van der Waals surface area contributed by atoms with Gasteiger partial charge in [-0.25, -0.2) is 0 Å². The van der Waals surface area contributed by atoms with E-state index in [1.807, 2.05) is 0 Å². The number of esters is 2. The van der Waals surface area contributed by atoms with Gasteiger partial charge in [-0.15, -0.1) is 0 Å². The van der Waals surface area contributed by atoms with Gasteiger partial charge >= 0.3 is 11.9 Å². The molecule has 1 N–H and O–H groups in total. The Morgan fingerprint density at radius 2 is 0.537 bits per heavy atom. The Kier molecular flexibility index (Phi) is 66.8. The van der Waals surface area contributed by atoms with Crippen LogP contribution in [0.3, 0.4) is 0 Å². The molecule has 0 aromatic carbocycles. The summed E-state index contributed by atoms with van der Waals surface area (Å²) in [7, 11) is 0. The van der Waals surface area contributed by atoms with Crippen molar-refractivity contribution >= 4 is 11.9 Å². The molecule has 0 aliphatic heterocycles. The zero-order valence-corrected chi connectivity index (χ0v) is 52.8. The van der Waals surface area contributed by atoms with Crippen molar-refractivity contribution in [3.63, 3.8) is 0 Å². The topological polar surface area (TPSA) is 72.8 Å². The van der Waals surface area contributed by atoms with Crippen molar-refractivity contribution in [2.75, 3.05) is 13.2 Å². The largest absolute Gasteiger partial charge is 0.462 e. The van der Waals surface area contributed by atoms with E-state index in [0.717, 1.165) is 89.9 Å². The zero-order valence-electron chi connectivity index (χ0n) is 52.8. The van der Waals surface area contributed by atoms with E-state index in [2.05, 4.69) is 123 Å². The maximum atomic E-state index is 12.4. The Labute approximate surface area is 497 Å². The van der Waals surface area contributed by atoms with Gasteiger partial charge in [-0.1, -0.05) is 329 Å². The fourth-order valence-corrected chi connectivity index (χ4v) is 9.92. The number of hydrogen-bond donors (Lipinski definition) is 1. The Morgan fingerprint density at radius 3 is 0.812 bits per heavy atom. The quantitative estimate of drug-likeness (QED) is 0.0373. The minimum absolute atomic E-state index is 0.0668. The third kappa shape index (κ3) is 67.1. The summed E-state index contributed by atoms with van der Waals surface area (Å²) in [5.41, 5.74) is 0. The molecule has 5 nitrogen and oxygen atoms in total. The van der Waals surface area contributed by atoms with Gasteiger partial charge < -0.3 is 14.6 Å². The van der Waals surface area contributed by atoms with Crippen LogP contribution in [0.25, 0.3) is 0 Å². The first-order valence-electron chi connectivity index (χ1n) is 34.4. The predicted molar refractivity (Wildman–Crippen MR) is 352 cm³/mol. The molecule has 5 heteroatoms. The first kappa shape index (κ1) is 76.6. The van der Waals surface area contributed by atoms with Crippen LogP contribution in [0.15, 0.2) is 109 Å². The van der Waals surface area contributed by atoms with Gasteiger partial charge in [0.05, 0.1) is 6.61 Å². The molecular formula is C75H130O5. The van der Waals surface area contributed by atoms with Crippen molar-refractivity contribution in [2.45, 2.75) is 341 Å². The summed E-state index contributed by atoms with van der Waals surface area (Å²) in [5, 5.41) is 9.70. The van der Waals surface area contributed by atoms with Crippen LogP contribution in [0.5, 0.6) is 0 Å². The van der Waals surface area contributed by atoms with Gasteiger partial charge in [0.2, 0.25) is 0 Å². The van der Waals surface area contributed by atoms with E-state index in [-0.39, 0.29) is 25.2 Å². The van der Waals surface area contributed by atoms with Gasteiger partial charge in [0.1, 0.15) is 6.61 Å². The molecule has 0 fully saturated rings. The van der Waals surface area contributed by atoms with E-state index < -0.39 is 6.10 Å². The second-order valence-electron chi connectivity index (χ2n) is 22.9. The molecule has 0 radical (unpaired) electrons. The van der Waals surface area contributed by atoms with Crippen molar-refractivity contribution in [3.8, 4) is 0 Å². The molecular weight excluding hydrogens is 981 g/mol. The Balaban J connectivity index is 3.46. The molecule has 0 amide bonds. The van der Waals surface area contributed by atoms with Crippen LogP contribution in [0.4, 0.5) is 0 Å². The Hall–Kier alpha value is -3.44. The van der Waals surface area contributed by atoms with Crippen molar-refractivity contribution in [2.24, 2.45) is 0 Å². The maximum Gasteiger partial charge on any atom is 0.306 e. The third-order valence-corrected chi connectivity index (χ3v) is 15.1. The minimum Gasteiger partial charge on any atom is -0.462 e. The highest BCUT2D eigenvalue weighted by Gasteiger charge is 2.16. The molecule has 1 unspecified atom stereocenters. The summed E-state index contributed by atoms with van der Waals surface area (Å²) in [6.07, 6.45) is 101. The number of unbranched alkanes of at least 4 members (excludes halogenated alkanes) is 37. The van der Waals surface area contributed by atoms with Gasteiger partial charge in [0.25, 0.3) is 0 Å². The molecule has 0 bridgehead atoms. The van der Waals surface area contributed by atoms with Crippen LogP contribution >= 0.6 is 0 Å². The van der Waals surface area contributed by atoms with Gasteiger partial charge in [-0.05, 0) is 103 Å². The fourth-order valence-electron chi connectivity index (χ4n) is 9.92. The van der Waals surface area contributed by atoms with Gasteiger partial charge in [-0.2, -0.15) is 0 Å². The fraction of sp³-hybridized carbons (Fsp3) is 0.733. The van der Waals surface area contributed by atoms with E-state index in [4.69, 9.17) is 9.47 Å². The zero-order chi connectivity index (χ0) is 57.6. The number of carbonyl (C=O) groups excluding carboxylic acids is 2. The number of aliphatic hydroxyl groups is 1. The van der Waals surface area contributed by atoms with Crippen molar-refractivity contribution in [1.29, 1.82) is 0 Å². The molecule has 0 spiro atoms.